The predicted molar refractivity (Wildman–Crippen MR) is 115 cm³/mol. The monoisotopic (exact) mass is 464 g/mol. The fraction of sp³-hybridized carbons (Fsp3) is 0.318. The van der Waals surface area contributed by atoms with Gasteiger partial charge in [0.25, 0.3) is 0 Å². The maximum absolute atomic E-state index is 13.5. The fourth-order valence-corrected chi connectivity index (χ4v) is 5.00. The lowest BCUT2D eigenvalue weighted by Gasteiger charge is -2.34. The SMILES string of the molecule is O=S(=O)(N1Cc2ccccc2N(Cc2cnc[nH]2)[C@H](CCc2ccccc2)C1)C(F)(F)F. The van der Waals surface area contributed by atoms with Gasteiger partial charge < -0.3 is 9.88 Å². The Labute approximate surface area is 184 Å². The molecule has 2 aromatic carbocycles. The Hall–Kier alpha value is -2.85. The Kier molecular flexibility index (Phi) is 6.25. The Bertz CT molecular complexity index is 1140. The lowest BCUT2D eigenvalue weighted by molar-refractivity contribution is -0.0492. The number of benzene rings is 2. The highest BCUT2D eigenvalue weighted by Crippen LogP contribution is 2.35. The third-order valence-electron chi connectivity index (χ3n) is 5.64. The molecular weight excluding hydrogens is 441 g/mol. The maximum Gasteiger partial charge on any atom is 0.511 e. The van der Waals surface area contributed by atoms with Gasteiger partial charge in [0.1, 0.15) is 0 Å². The molecule has 0 saturated carbocycles. The van der Waals surface area contributed by atoms with Gasteiger partial charge in [-0.3, -0.25) is 0 Å². The summed E-state index contributed by atoms with van der Waals surface area (Å²) in [5.41, 5.74) is -2.28. The first kappa shape index (κ1) is 22.3. The molecular formula is C22H23F3N4O2S. The van der Waals surface area contributed by atoms with Gasteiger partial charge in [0.05, 0.1) is 18.6 Å². The molecule has 0 fully saturated rings. The van der Waals surface area contributed by atoms with Crippen molar-refractivity contribution in [3.63, 3.8) is 0 Å². The van der Waals surface area contributed by atoms with Crippen LogP contribution in [0.5, 0.6) is 0 Å². The topological polar surface area (TPSA) is 69.3 Å². The van der Waals surface area contributed by atoms with Crippen molar-refractivity contribution >= 4 is 15.7 Å². The van der Waals surface area contributed by atoms with E-state index in [9.17, 15) is 21.6 Å². The number of fused-ring (bicyclic) bond motifs is 1. The summed E-state index contributed by atoms with van der Waals surface area (Å²) >= 11 is 0. The first-order valence-corrected chi connectivity index (χ1v) is 11.6. The first-order valence-electron chi connectivity index (χ1n) is 10.2. The van der Waals surface area contributed by atoms with E-state index in [0.29, 0.717) is 29.3 Å². The van der Waals surface area contributed by atoms with Gasteiger partial charge >= 0.3 is 15.5 Å². The molecule has 0 aliphatic carbocycles. The molecule has 32 heavy (non-hydrogen) atoms. The summed E-state index contributed by atoms with van der Waals surface area (Å²) in [5.74, 6) is 0. The highest BCUT2D eigenvalue weighted by Gasteiger charge is 2.51. The van der Waals surface area contributed by atoms with Crippen molar-refractivity contribution in [3.8, 4) is 0 Å². The Balaban J connectivity index is 1.73. The Morgan fingerprint density at radius 3 is 2.47 bits per heavy atom. The standard InChI is InChI=1S/C22H23F3N4O2S/c23-22(24,25)32(30,31)28-13-18-8-4-5-9-21(18)29(14-19-12-26-16-27-19)20(15-28)11-10-17-6-2-1-3-7-17/h1-9,12,16,20H,10-11,13-15H2,(H,26,27)/t20-/m1/s1. The number of anilines is 1. The molecule has 4 rings (SSSR count). The second-order valence-corrected chi connectivity index (χ2v) is 9.68. The number of hydrogen-bond donors (Lipinski definition) is 1. The number of sulfonamides is 1. The smallest absolute Gasteiger partial charge is 0.361 e. The average molecular weight is 465 g/mol. The van der Waals surface area contributed by atoms with E-state index in [1.807, 2.05) is 41.3 Å². The summed E-state index contributed by atoms with van der Waals surface area (Å²) < 4.78 is 65.7. The number of nitrogens with zero attached hydrogens (tertiary/aromatic N) is 3. The largest absolute Gasteiger partial charge is 0.511 e. The zero-order valence-corrected chi connectivity index (χ0v) is 18.0. The van der Waals surface area contributed by atoms with Gasteiger partial charge in [-0.2, -0.15) is 17.5 Å². The van der Waals surface area contributed by atoms with Crippen LogP contribution in [-0.4, -0.2) is 40.8 Å². The lowest BCUT2D eigenvalue weighted by atomic mass is 10.0. The molecule has 0 saturated heterocycles. The molecule has 10 heteroatoms. The van der Waals surface area contributed by atoms with Gasteiger partial charge in [0.15, 0.2) is 0 Å². The van der Waals surface area contributed by atoms with E-state index in [0.717, 1.165) is 16.9 Å². The number of para-hydroxylation sites is 1. The van der Waals surface area contributed by atoms with Gasteiger partial charge in [0, 0.05) is 31.0 Å². The second kappa shape index (κ2) is 8.95. The van der Waals surface area contributed by atoms with E-state index in [1.54, 1.807) is 30.7 Å². The van der Waals surface area contributed by atoms with Crippen LogP contribution in [0, 0.1) is 0 Å². The highest BCUT2D eigenvalue weighted by molar-refractivity contribution is 7.89. The van der Waals surface area contributed by atoms with Gasteiger partial charge in [0.2, 0.25) is 0 Å². The van der Waals surface area contributed by atoms with E-state index >= 15 is 0 Å². The van der Waals surface area contributed by atoms with Gasteiger partial charge in [-0.25, -0.2) is 13.4 Å². The summed E-state index contributed by atoms with van der Waals surface area (Å²) in [7, 11) is -5.48. The second-order valence-electron chi connectivity index (χ2n) is 7.75. The number of imidazole rings is 1. The van der Waals surface area contributed by atoms with Crippen LogP contribution < -0.4 is 4.90 Å². The number of halogens is 3. The van der Waals surface area contributed by atoms with Crippen LogP contribution >= 0.6 is 0 Å². The van der Waals surface area contributed by atoms with Gasteiger partial charge in [-0.05, 0) is 30.0 Å². The quantitative estimate of drug-likeness (QED) is 0.597. The van der Waals surface area contributed by atoms with Crippen molar-refractivity contribution in [2.45, 2.75) is 37.5 Å². The molecule has 0 bridgehead atoms. The van der Waals surface area contributed by atoms with Crippen LogP contribution in [0.4, 0.5) is 18.9 Å². The van der Waals surface area contributed by atoms with E-state index in [-0.39, 0.29) is 13.1 Å². The number of nitrogens with one attached hydrogen (secondary N) is 1. The predicted octanol–water partition coefficient (Wildman–Crippen LogP) is 4.08. The van der Waals surface area contributed by atoms with E-state index in [2.05, 4.69) is 9.97 Å². The summed E-state index contributed by atoms with van der Waals surface area (Å²) in [4.78, 5) is 9.05. The van der Waals surface area contributed by atoms with Crippen LogP contribution in [0.25, 0.3) is 0 Å². The molecule has 1 aliphatic heterocycles. The molecule has 1 aliphatic rings. The van der Waals surface area contributed by atoms with E-state index < -0.39 is 21.6 Å². The average Bonchev–Trinajstić information content (AvgIpc) is 3.22. The van der Waals surface area contributed by atoms with E-state index in [1.165, 1.54) is 0 Å². The van der Waals surface area contributed by atoms with Crippen LogP contribution in [-0.2, 0) is 29.5 Å². The number of aromatic amines is 1. The molecule has 0 amide bonds. The Morgan fingerprint density at radius 1 is 1.06 bits per heavy atom. The number of H-pyrrole nitrogens is 1. The van der Waals surface area contributed by atoms with Crippen molar-refractivity contribution in [2.24, 2.45) is 0 Å². The fourth-order valence-electron chi connectivity index (χ4n) is 4.03. The Morgan fingerprint density at radius 2 is 1.78 bits per heavy atom. The molecule has 1 aromatic heterocycles. The summed E-state index contributed by atoms with van der Waals surface area (Å²) in [6, 6.07) is 16.1. The molecule has 2 heterocycles. The first-order chi connectivity index (χ1) is 15.3. The minimum atomic E-state index is -5.48. The molecule has 0 unspecified atom stereocenters. The lowest BCUT2D eigenvalue weighted by Crippen LogP contribution is -2.47. The van der Waals surface area contributed by atoms with Crippen LogP contribution in [0.1, 0.15) is 23.2 Å². The zero-order chi connectivity index (χ0) is 22.8. The molecule has 0 radical (unpaired) electrons. The number of rotatable bonds is 6. The third-order valence-corrected chi connectivity index (χ3v) is 7.18. The third kappa shape index (κ3) is 4.66. The molecule has 0 spiro atoms. The van der Waals surface area contributed by atoms with Crippen LogP contribution in [0.15, 0.2) is 67.1 Å². The normalized spacial score (nSPS) is 17.7. The van der Waals surface area contributed by atoms with Gasteiger partial charge in [-0.15, -0.1) is 0 Å². The number of hydrogen-bond acceptors (Lipinski definition) is 4. The van der Waals surface area contributed by atoms with E-state index in [4.69, 9.17) is 0 Å². The van der Waals surface area contributed by atoms with Crippen molar-refractivity contribution in [2.75, 3.05) is 11.4 Å². The molecule has 6 nitrogen and oxygen atoms in total. The summed E-state index contributed by atoms with van der Waals surface area (Å²) in [6.07, 6.45) is 4.29. The van der Waals surface area contributed by atoms with Crippen molar-refractivity contribution in [1.82, 2.24) is 14.3 Å². The van der Waals surface area contributed by atoms with Crippen molar-refractivity contribution < 1.29 is 21.6 Å². The number of aryl methyl sites for hydroxylation is 1. The summed E-state index contributed by atoms with van der Waals surface area (Å²) in [5, 5.41) is 0. The highest BCUT2D eigenvalue weighted by atomic mass is 32.2. The van der Waals surface area contributed by atoms with Crippen LogP contribution in [0.3, 0.4) is 0 Å². The molecule has 1 N–H and O–H groups in total. The van der Waals surface area contributed by atoms with Crippen LogP contribution in [0.2, 0.25) is 0 Å². The minimum Gasteiger partial charge on any atom is -0.361 e. The minimum absolute atomic E-state index is 0.266. The van der Waals surface area contributed by atoms with Gasteiger partial charge in [-0.1, -0.05) is 48.5 Å². The number of alkyl halides is 3. The summed E-state index contributed by atoms with van der Waals surface area (Å²) in [6.45, 7) is -0.229. The number of aromatic nitrogens is 2. The van der Waals surface area contributed by atoms with Crippen molar-refractivity contribution in [3.05, 3.63) is 83.9 Å². The molecule has 3 aromatic rings. The zero-order valence-electron chi connectivity index (χ0n) is 17.2. The molecule has 170 valence electrons. The molecule has 1 atom stereocenters. The van der Waals surface area contributed by atoms with Crippen molar-refractivity contribution in [1.29, 1.82) is 0 Å². The maximum atomic E-state index is 13.5.